The zero-order valence-electron chi connectivity index (χ0n) is 19.9. The van der Waals surface area contributed by atoms with Crippen molar-refractivity contribution in [2.45, 2.75) is 38.8 Å². The Balaban J connectivity index is 1.49. The van der Waals surface area contributed by atoms with Crippen LogP contribution in [0.5, 0.6) is 0 Å². The van der Waals surface area contributed by atoms with Crippen LogP contribution in [0.4, 0.5) is 16.2 Å². The molecule has 0 saturated carbocycles. The molecule has 2 aromatic carbocycles. The molecule has 0 unspecified atom stereocenters. The number of nitrogens with one attached hydrogen (secondary N) is 2. The first-order chi connectivity index (χ1) is 16.3. The first-order valence-electron chi connectivity index (χ1n) is 11.8. The van der Waals surface area contributed by atoms with Crippen molar-refractivity contribution in [3.63, 3.8) is 0 Å². The summed E-state index contributed by atoms with van der Waals surface area (Å²) < 4.78 is 5.39. The number of urea groups is 1. The maximum Gasteiger partial charge on any atom is 0.326 e. The van der Waals surface area contributed by atoms with Crippen LogP contribution in [-0.2, 0) is 19.9 Å². The Hall–Kier alpha value is -3.39. The molecule has 0 bridgehead atoms. The molecule has 8 nitrogen and oxygen atoms in total. The average molecular weight is 465 g/mol. The minimum atomic E-state index is -1.18. The summed E-state index contributed by atoms with van der Waals surface area (Å²) in [6.45, 7) is 8.63. The number of hydrogen-bond acceptors (Lipinski definition) is 5. The van der Waals surface area contributed by atoms with E-state index in [1.807, 2.05) is 68.4 Å². The van der Waals surface area contributed by atoms with Gasteiger partial charge in [-0.2, -0.15) is 0 Å². The summed E-state index contributed by atoms with van der Waals surface area (Å²) in [6.07, 6.45) is 0.440. The fourth-order valence-electron chi connectivity index (χ4n) is 4.67. The molecule has 2 atom stereocenters. The lowest BCUT2D eigenvalue weighted by molar-refractivity contribution is -0.137. The van der Waals surface area contributed by atoms with Gasteiger partial charge in [0.2, 0.25) is 5.91 Å². The van der Waals surface area contributed by atoms with Crippen LogP contribution in [0.3, 0.4) is 0 Å². The number of rotatable bonds is 7. The summed E-state index contributed by atoms with van der Waals surface area (Å²) in [6, 6.07) is 15.3. The van der Waals surface area contributed by atoms with Crippen molar-refractivity contribution in [1.82, 2.24) is 10.2 Å². The molecule has 2 aliphatic heterocycles. The predicted octanol–water partition coefficient (Wildman–Crippen LogP) is 3.34. The van der Waals surface area contributed by atoms with Crippen molar-refractivity contribution in [2.75, 3.05) is 36.5 Å². The number of morpholine rings is 1. The molecule has 0 aliphatic carbocycles. The van der Waals surface area contributed by atoms with Crippen LogP contribution < -0.4 is 15.5 Å². The van der Waals surface area contributed by atoms with Gasteiger partial charge in [0.05, 0.1) is 13.2 Å². The van der Waals surface area contributed by atoms with E-state index in [1.165, 1.54) is 0 Å². The van der Waals surface area contributed by atoms with Crippen LogP contribution in [0, 0.1) is 5.92 Å². The van der Waals surface area contributed by atoms with Crippen LogP contribution in [0.25, 0.3) is 0 Å². The molecule has 2 aliphatic rings. The number of carbonyl (C=O) groups is 3. The number of carbonyl (C=O) groups excluding carboxylic acids is 3. The summed E-state index contributed by atoms with van der Waals surface area (Å²) >= 11 is 0. The molecular weight excluding hydrogens is 432 g/mol. The topological polar surface area (TPSA) is 91.0 Å². The largest absolute Gasteiger partial charge is 0.378 e. The summed E-state index contributed by atoms with van der Waals surface area (Å²) in [5.41, 5.74) is 1.21. The number of imide groups is 1. The number of nitrogens with zero attached hydrogens (tertiary/aromatic N) is 2. The Labute approximate surface area is 200 Å². The Morgan fingerprint density at radius 2 is 1.68 bits per heavy atom. The number of hydrogen-bond donors (Lipinski definition) is 2. The average Bonchev–Trinajstić information content (AvgIpc) is 3.09. The molecule has 2 saturated heterocycles. The zero-order valence-corrected chi connectivity index (χ0v) is 19.9. The number of ether oxygens (including phenoxy) is 1. The quantitative estimate of drug-likeness (QED) is 0.614. The van der Waals surface area contributed by atoms with Gasteiger partial charge in [0.15, 0.2) is 0 Å². The molecule has 2 N–H and O–H groups in total. The molecule has 2 aromatic rings. The van der Waals surface area contributed by atoms with Gasteiger partial charge in [-0.1, -0.05) is 44.2 Å². The lowest BCUT2D eigenvalue weighted by atomic mass is 9.82. The van der Waals surface area contributed by atoms with E-state index >= 15 is 0 Å². The molecular formula is C26H32N4O4. The third-order valence-corrected chi connectivity index (χ3v) is 6.38. The Kier molecular flexibility index (Phi) is 6.88. The highest BCUT2D eigenvalue weighted by atomic mass is 16.5. The molecule has 4 rings (SSSR count). The van der Waals surface area contributed by atoms with Gasteiger partial charge in [0.1, 0.15) is 11.6 Å². The van der Waals surface area contributed by atoms with Gasteiger partial charge in [-0.25, -0.2) is 9.69 Å². The molecule has 8 heteroatoms. The standard InChI is InChI=1S/C26H32N4O4/c1-18(2)17-26(20-7-5-4-6-8-20)24(32)30(25(33)28-26)19(3)23(31)27-21-9-11-22(12-10-21)29-13-15-34-16-14-29/h4-12,18-19H,13-17H2,1-3H3,(H,27,31)(H,28,33)/t19-,26+/m1/s1. The SMILES string of the molecule is CC(C)C[C@@]1(c2ccccc2)NC(=O)N([C@H](C)C(=O)Nc2ccc(N3CCOCC3)cc2)C1=O. The van der Waals surface area contributed by atoms with Crippen molar-refractivity contribution in [1.29, 1.82) is 0 Å². The summed E-state index contributed by atoms with van der Waals surface area (Å²) in [5, 5.41) is 5.74. The second-order valence-electron chi connectivity index (χ2n) is 9.29. The summed E-state index contributed by atoms with van der Waals surface area (Å²) in [4.78, 5) is 42.9. The van der Waals surface area contributed by atoms with E-state index in [0.29, 0.717) is 25.3 Å². The van der Waals surface area contributed by atoms with Crippen LogP contribution >= 0.6 is 0 Å². The lowest BCUT2D eigenvalue weighted by Crippen LogP contribution is -2.48. The number of amides is 4. The lowest BCUT2D eigenvalue weighted by Gasteiger charge is -2.30. The maximum absolute atomic E-state index is 13.6. The molecule has 2 fully saturated rings. The number of anilines is 2. The molecule has 0 spiro atoms. The highest BCUT2D eigenvalue weighted by Crippen LogP contribution is 2.36. The van der Waals surface area contributed by atoms with E-state index in [1.54, 1.807) is 6.92 Å². The molecule has 180 valence electrons. The van der Waals surface area contributed by atoms with Gasteiger partial charge in [0, 0.05) is 24.5 Å². The molecule has 0 radical (unpaired) electrons. The van der Waals surface area contributed by atoms with Crippen LogP contribution in [0.2, 0.25) is 0 Å². The van der Waals surface area contributed by atoms with E-state index in [9.17, 15) is 14.4 Å². The van der Waals surface area contributed by atoms with Crippen molar-refractivity contribution >= 4 is 29.2 Å². The van der Waals surface area contributed by atoms with Gasteiger partial charge >= 0.3 is 6.03 Å². The van der Waals surface area contributed by atoms with Crippen LogP contribution in [0.1, 0.15) is 32.8 Å². The summed E-state index contributed by atoms with van der Waals surface area (Å²) in [7, 11) is 0. The van der Waals surface area contributed by atoms with E-state index in [0.717, 1.165) is 29.2 Å². The van der Waals surface area contributed by atoms with Crippen molar-refractivity contribution in [3.05, 3.63) is 60.2 Å². The van der Waals surface area contributed by atoms with E-state index in [-0.39, 0.29) is 5.92 Å². The van der Waals surface area contributed by atoms with Gasteiger partial charge in [-0.05, 0) is 49.1 Å². The van der Waals surface area contributed by atoms with E-state index in [2.05, 4.69) is 15.5 Å². The normalized spacial score (nSPS) is 21.5. The predicted molar refractivity (Wildman–Crippen MR) is 131 cm³/mol. The fourth-order valence-corrected chi connectivity index (χ4v) is 4.67. The monoisotopic (exact) mass is 464 g/mol. The third-order valence-electron chi connectivity index (χ3n) is 6.38. The Bertz CT molecular complexity index is 1030. The highest BCUT2D eigenvalue weighted by Gasteiger charge is 2.54. The van der Waals surface area contributed by atoms with Gasteiger partial charge in [-0.15, -0.1) is 0 Å². The third kappa shape index (κ3) is 4.63. The second kappa shape index (κ2) is 9.85. The molecule has 2 heterocycles. The van der Waals surface area contributed by atoms with Crippen molar-refractivity contribution in [2.24, 2.45) is 5.92 Å². The minimum absolute atomic E-state index is 0.151. The number of benzene rings is 2. The van der Waals surface area contributed by atoms with Gasteiger partial charge in [0.25, 0.3) is 5.91 Å². The first-order valence-corrected chi connectivity index (χ1v) is 11.8. The minimum Gasteiger partial charge on any atom is -0.378 e. The van der Waals surface area contributed by atoms with Crippen LogP contribution in [-0.4, -0.2) is 55.1 Å². The summed E-state index contributed by atoms with van der Waals surface area (Å²) in [5.74, 6) is -0.669. The first kappa shape index (κ1) is 23.8. The van der Waals surface area contributed by atoms with Crippen molar-refractivity contribution < 1.29 is 19.1 Å². The zero-order chi connectivity index (χ0) is 24.3. The Morgan fingerprint density at radius 3 is 2.29 bits per heavy atom. The van der Waals surface area contributed by atoms with Crippen molar-refractivity contribution in [3.8, 4) is 0 Å². The maximum atomic E-state index is 13.6. The Morgan fingerprint density at radius 1 is 1.03 bits per heavy atom. The molecule has 0 aromatic heterocycles. The van der Waals surface area contributed by atoms with Gasteiger partial charge in [-0.3, -0.25) is 9.59 Å². The van der Waals surface area contributed by atoms with Crippen LogP contribution in [0.15, 0.2) is 54.6 Å². The molecule has 4 amide bonds. The van der Waals surface area contributed by atoms with E-state index < -0.39 is 29.4 Å². The molecule has 34 heavy (non-hydrogen) atoms. The van der Waals surface area contributed by atoms with E-state index in [4.69, 9.17) is 4.74 Å². The smallest absolute Gasteiger partial charge is 0.326 e. The second-order valence-corrected chi connectivity index (χ2v) is 9.29. The highest BCUT2D eigenvalue weighted by molar-refractivity contribution is 6.11. The van der Waals surface area contributed by atoms with Gasteiger partial charge < -0.3 is 20.3 Å². The fraction of sp³-hybridized carbons (Fsp3) is 0.423.